The summed E-state index contributed by atoms with van der Waals surface area (Å²) >= 11 is 0. The lowest BCUT2D eigenvalue weighted by Gasteiger charge is -2.34. The van der Waals surface area contributed by atoms with Gasteiger partial charge in [-0.25, -0.2) is 0 Å². The summed E-state index contributed by atoms with van der Waals surface area (Å²) in [5, 5.41) is 11.6. The summed E-state index contributed by atoms with van der Waals surface area (Å²) in [5.41, 5.74) is 0. The number of likely N-dealkylation sites (N-methyl/N-ethyl adjacent to an activating group) is 1. The summed E-state index contributed by atoms with van der Waals surface area (Å²) in [5.74, 6) is -1.83. The highest BCUT2D eigenvalue weighted by Gasteiger charge is 2.25. The van der Waals surface area contributed by atoms with Gasteiger partial charge in [0.05, 0.1) is 40.3 Å². The van der Waals surface area contributed by atoms with Crippen LogP contribution in [0, 0.1) is 0 Å². The predicted octanol–water partition coefficient (Wildman–Crippen LogP) is 12.5. The van der Waals surface area contributed by atoms with Gasteiger partial charge in [-0.2, -0.15) is 0 Å². The standard InChI is InChI=1S/C54H89NO7/c1-6-8-10-12-14-16-18-20-22-23-24-25-26-27-28-29-31-32-34-36-38-40-42-44-52(56)61-49-50(48-60-47-46-51(54(58)59)55(3,4)5)62-53(57)45-43-41-39-37-35-33-30-21-19-17-15-13-11-9-7-2/h8,10,14,16-17,19-20,22,24-25,27-28,31-32,36,38,50-51H,6-7,9,11-13,15,18,21,23,26,29-30,33-35,37,39-49H2,1-5H3/b10-8+,16-14+,19-17+,22-20+,25-24+,28-27+,32-31+,38-36+. The Morgan fingerprint density at radius 2 is 0.919 bits per heavy atom. The van der Waals surface area contributed by atoms with Crippen molar-refractivity contribution in [1.82, 2.24) is 0 Å². The number of allylic oxidation sites excluding steroid dienone is 16. The lowest BCUT2D eigenvalue weighted by molar-refractivity contribution is -0.889. The van der Waals surface area contributed by atoms with Gasteiger partial charge in [0.25, 0.3) is 0 Å². The minimum Gasteiger partial charge on any atom is -0.544 e. The van der Waals surface area contributed by atoms with Crippen molar-refractivity contribution in [3.63, 3.8) is 0 Å². The van der Waals surface area contributed by atoms with Crippen molar-refractivity contribution < 1.29 is 38.2 Å². The molecule has 8 nitrogen and oxygen atoms in total. The molecule has 0 N–H and O–H groups in total. The zero-order chi connectivity index (χ0) is 45.6. The van der Waals surface area contributed by atoms with Gasteiger partial charge >= 0.3 is 11.9 Å². The molecule has 2 unspecified atom stereocenters. The number of esters is 2. The SMILES string of the molecule is CC/C=C/C/C=C/C/C=C/C/C=C/C/C=C/C/C=C/C/C=C/CCCC(=O)OCC(COCCC(C(=O)[O-])[N+](C)(C)C)OC(=O)CCCCCCCCC/C=C/CCCCCC. The summed E-state index contributed by atoms with van der Waals surface area (Å²) in [4.78, 5) is 36.9. The van der Waals surface area contributed by atoms with Crippen molar-refractivity contribution in [3.8, 4) is 0 Å². The fourth-order valence-corrected chi connectivity index (χ4v) is 6.47. The maximum atomic E-state index is 12.7. The topological polar surface area (TPSA) is 102 Å². The zero-order valence-corrected chi connectivity index (χ0v) is 40.0. The fourth-order valence-electron chi connectivity index (χ4n) is 6.47. The Kier molecular flexibility index (Phi) is 41.2. The van der Waals surface area contributed by atoms with Crippen molar-refractivity contribution in [2.75, 3.05) is 41.0 Å². The quantitative estimate of drug-likeness (QED) is 0.0261. The van der Waals surface area contributed by atoms with E-state index in [4.69, 9.17) is 14.2 Å². The molecule has 0 fully saturated rings. The molecule has 0 aromatic carbocycles. The van der Waals surface area contributed by atoms with Gasteiger partial charge in [-0.3, -0.25) is 9.59 Å². The van der Waals surface area contributed by atoms with Gasteiger partial charge in [0, 0.05) is 19.3 Å². The zero-order valence-electron chi connectivity index (χ0n) is 40.0. The Morgan fingerprint density at radius 3 is 1.40 bits per heavy atom. The molecule has 0 aromatic heterocycles. The van der Waals surface area contributed by atoms with Gasteiger partial charge < -0.3 is 28.6 Å². The van der Waals surface area contributed by atoms with Crippen LogP contribution in [0.3, 0.4) is 0 Å². The number of carbonyl (C=O) groups excluding carboxylic acids is 3. The van der Waals surface area contributed by atoms with Crippen molar-refractivity contribution in [2.45, 2.75) is 187 Å². The van der Waals surface area contributed by atoms with E-state index in [2.05, 4.69) is 111 Å². The molecule has 0 bridgehead atoms. The minimum absolute atomic E-state index is 0.0152. The van der Waals surface area contributed by atoms with Gasteiger partial charge in [0.2, 0.25) is 0 Å². The van der Waals surface area contributed by atoms with Crippen molar-refractivity contribution in [2.24, 2.45) is 0 Å². The van der Waals surface area contributed by atoms with Crippen LogP contribution in [0.25, 0.3) is 0 Å². The van der Waals surface area contributed by atoms with E-state index >= 15 is 0 Å². The first-order valence-corrected chi connectivity index (χ1v) is 24.3. The molecule has 0 saturated carbocycles. The molecule has 0 rings (SSSR count). The number of unbranched alkanes of at least 4 members (excludes halogenated alkanes) is 12. The number of nitrogens with zero attached hydrogens (tertiary/aromatic N) is 1. The average Bonchev–Trinajstić information content (AvgIpc) is 3.23. The molecule has 0 heterocycles. The third-order valence-corrected chi connectivity index (χ3v) is 10.2. The molecule has 0 radical (unpaired) electrons. The molecule has 352 valence electrons. The molecule has 0 aliphatic carbocycles. The first kappa shape index (κ1) is 58.2. The predicted molar refractivity (Wildman–Crippen MR) is 258 cm³/mol. The second-order valence-corrected chi connectivity index (χ2v) is 17.0. The van der Waals surface area contributed by atoms with E-state index in [1.807, 2.05) is 0 Å². The molecule has 8 heteroatoms. The number of carboxylic acids is 1. The molecule has 0 aliphatic heterocycles. The maximum absolute atomic E-state index is 12.7. The number of hydrogen-bond acceptors (Lipinski definition) is 7. The van der Waals surface area contributed by atoms with Crippen LogP contribution in [-0.4, -0.2) is 75.5 Å². The van der Waals surface area contributed by atoms with Crippen LogP contribution < -0.4 is 5.11 Å². The highest BCUT2D eigenvalue weighted by Crippen LogP contribution is 2.13. The van der Waals surface area contributed by atoms with E-state index in [-0.39, 0.29) is 49.1 Å². The highest BCUT2D eigenvalue weighted by molar-refractivity contribution is 5.70. The lowest BCUT2D eigenvalue weighted by atomic mass is 10.1. The van der Waals surface area contributed by atoms with E-state index in [0.29, 0.717) is 12.8 Å². The number of quaternary nitrogens is 1. The summed E-state index contributed by atoms with van der Waals surface area (Å²) in [7, 11) is 5.38. The summed E-state index contributed by atoms with van der Waals surface area (Å²) in [6.07, 6.45) is 58.7. The van der Waals surface area contributed by atoms with Gasteiger partial charge in [0.15, 0.2) is 6.10 Å². The van der Waals surface area contributed by atoms with Crippen molar-refractivity contribution in [3.05, 3.63) is 97.2 Å². The lowest BCUT2D eigenvalue weighted by Crippen LogP contribution is -2.55. The molecule has 0 spiro atoms. The largest absolute Gasteiger partial charge is 0.544 e. The van der Waals surface area contributed by atoms with Crippen LogP contribution in [0.2, 0.25) is 0 Å². The molecule has 2 atom stereocenters. The minimum atomic E-state index is -1.14. The van der Waals surface area contributed by atoms with Gasteiger partial charge in [-0.1, -0.05) is 162 Å². The van der Waals surface area contributed by atoms with Crippen molar-refractivity contribution >= 4 is 17.9 Å². The molecule has 62 heavy (non-hydrogen) atoms. The normalized spacial score (nSPS) is 13.8. The number of carboxylic acid groups (broad SMARTS) is 1. The molecule has 0 aromatic rings. The van der Waals surface area contributed by atoms with Crippen LogP contribution in [0.1, 0.15) is 174 Å². The van der Waals surface area contributed by atoms with Gasteiger partial charge in [-0.05, 0) is 89.9 Å². The van der Waals surface area contributed by atoms with Crippen molar-refractivity contribution in [1.29, 1.82) is 0 Å². The Bertz CT molecular complexity index is 1330. The van der Waals surface area contributed by atoms with Crippen LogP contribution in [-0.2, 0) is 28.6 Å². The molecular formula is C54H89NO7. The van der Waals surface area contributed by atoms with Crippen LogP contribution in [0.5, 0.6) is 0 Å². The summed E-state index contributed by atoms with van der Waals surface area (Å²) < 4.78 is 17.1. The van der Waals surface area contributed by atoms with E-state index in [9.17, 15) is 19.5 Å². The van der Waals surface area contributed by atoms with Crippen LogP contribution >= 0.6 is 0 Å². The third-order valence-electron chi connectivity index (χ3n) is 10.2. The summed E-state index contributed by atoms with van der Waals surface area (Å²) in [6, 6.07) is -0.740. The smallest absolute Gasteiger partial charge is 0.306 e. The Hall–Kier alpha value is -3.75. The Morgan fingerprint density at radius 1 is 0.500 bits per heavy atom. The molecular weight excluding hydrogens is 775 g/mol. The highest BCUT2D eigenvalue weighted by atomic mass is 16.6. The monoisotopic (exact) mass is 864 g/mol. The number of carbonyl (C=O) groups is 3. The van der Waals surface area contributed by atoms with E-state index in [1.165, 1.54) is 57.8 Å². The molecule has 0 aliphatic rings. The number of ether oxygens (including phenoxy) is 3. The van der Waals surface area contributed by atoms with E-state index in [0.717, 1.165) is 77.0 Å². The van der Waals surface area contributed by atoms with E-state index in [1.54, 1.807) is 21.1 Å². The number of hydrogen-bond donors (Lipinski definition) is 0. The van der Waals surface area contributed by atoms with Gasteiger partial charge in [0.1, 0.15) is 12.6 Å². The third kappa shape index (κ3) is 41.6. The Balaban J connectivity index is 4.41. The maximum Gasteiger partial charge on any atom is 0.306 e. The summed E-state index contributed by atoms with van der Waals surface area (Å²) in [6.45, 7) is 4.46. The second kappa shape index (κ2) is 43.9. The fraction of sp³-hybridized carbons (Fsp3) is 0.648. The Labute approximate surface area is 379 Å². The number of aliphatic carboxylic acids is 1. The first-order valence-electron chi connectivity index (χ1n) is 24.3. The van der Waals surface area contributed by atoms with Crippen LogP contribution in [0.15, 0.2) is 97.2 Å². The molecule has 0 amide bonds. The second-order valence-electron chi connectivity index (χ2n) is 17.0. The van der Waals surface area contributed by atoms with E-state index < -0.39 is 18.1 Å². The first-order chi connectivity index (χ1) is 30.1. The average molecular weight is 864 g/mol. The molecule has 0 saturated heterocycles. The number of rotatable bonds is 42. The van der Waals surface area contributed by atoms with Gasteiger partial charge in [-0.15, -0.1) is 0 Å². The van der Waals surface area contributed by atoms with Crippen LogP contribution in [0.4, 0.5) is 0 Å².